The summed E-state index contributed by atoms with van der Waals surface area (Å²) in [6.45, 7) is 5.54. The van der Waals surface area contributed by atoms with Crippen LogP contribution in [-0.2, 0) is 14.3 Å². The minimum absolute atomic E-state index is 0.182. The molecule has 0 amide bonds. The Kier molecular flexibility index (Phi) is 6.21. The van der Waals surface area contributed by atoms with Crippen molar-refractivity contribution in [2.24, 2.45) is 0 Å². The van der Waals surface area contributed by atoms with Crippen LogP contribution < -0.4 is 5.32 Å². The Labute approximate surface area is 115 Å². The lowest BCUT2D eigenvalue weighted by atomic mass is 10.2. The maximum Gasteiger partial charge on any atom is 0.298 e. The summed E-state index contributed by atoms with van der Waals surface area (Å²) in [5.41, 5.74) is 1.01. The summed E-state index contributed by atoms with van der Waals surface area (Å²) in [6.07, 6.45) is 3.59. The van der Waals surface area contributed by atoms with E-state index < -0.39 is 16.3 Å². The van der Waals surface area contributed by atoms with E-state index in [1.54, 1.807) is 37.4 Å². The van der Waals surface area contributed by atoms with Crippen molar-refractivity contribution in [1.82, 2.24) is 5.32 Å². The second-order valence-electron chi connectivity index (χ2n) is 4.36. The second kappa shape index (κ2) is 7.43. The molecule has 1 aromatic rings. The van der Waals surface area contributed by atoms with Crippen LogP contribution >= 0.6 is 0 Å². The van der Waals surface area contributed by atoms with Gasteiger partial charge in [-0.15, -0.1) is 6.58 Å². The van der Waals surface area contributed by atoms with Crippen LogP contribution in [0.1, 0.15) is 24.8 Å². The molecule has 4 nitrogen and oxygen atoms in total. The van der Waals surface area contributed by atoms with Crippen molar-refractivity contribution < 1.29 is 12.6 Å². The van der Waals surface area contributed by atoms with E-state index in [0.29, 0.717) is 6.42 Å². The van der Waals surface area contributed by atoms with Crippen molar-refractivity contribution in [2.75, 3.05) is 7.05 Å². The van der Waals surface area contributed by atoms with Gasteiger partial charge in [0, 0.05) is 0 Å². The summed E-state index contributed by atoms with van der Waals surface area (Å²) in [4.78, 5) is 0.182. The molecule has 0 saturated carbocycles. The Morgan fingerprint density at radius 1 is 1.37 bits per heavy atom. The van der Waals surface area contributed by atoms with E-state index in [9.17, 15) is 8.42 Å². The number of nitrogens with one attached hydrogen (secondary N) is 1. The van der Waals surface area contributed by atoms with Crippen LogP contribution in [0.15, 0.2) is 41.8 Å². The quantitative estimate of drug-likeness (QED) is 0.345. The zero-order chi connectivity index (χ0) is 14.3. The monoisotopic (exact) mass is 283 g/mol. The number of rotatable bonds is 8. The summed E-state index contributed by atoms with van der Waals surface area (Å²) in [6, 6.07) is 6.62. The van der Waals surface area contributed by atoms with Gasteiger partial charge in [-0.05, 0) is 45.4 Å². The number of aryl methyl sites for hydroxylation is 1. The predicted octanol–water partition coefficient (Wildman–Crippen LogP) is 2.60. The van der Waals surface area contributed by atoms with Gasteiger partial charge in [-0.2, -0.15) is 8.42 Å². The normalized spacial score (nSPS) is 13.2. The Morgan fingerprint density at radius 3 is 2.53 bits per heavy atom. The highest BCUT2D eigenvalue weighted by Gasteiger charge is 2.20. The average molecular weight is 283 g/mol. The summed E-state index contributed by atoms with van der Waals surface area (Å²) >= 11 is 0. The fourth-order valence-corrected chi connectivity index (χ4v) is 2.68. The molecule has 0 bridgehead atoms. The highest BCUT2D eigenvalue weighted by atomic mass is 32.2. The summed E-state index contributed by atoms with van der Waals surface area (Å²) in [5.74, 6) is 0. The maximum atomic E-state index is 12.1. The summed E-state index contributed by atoms with van der Waals surface area (Å²) in [5, 5.41) is 2.86. The fraction of sp³-hybridized carbons (Fsp3) is 0.429. The lowest BCUT2D eigenvalue weighted by Crippen LogP contribution is -2.30. The lowest BCUT2D eigenvalue weighted by Gasteiger charge is -2.16. The first-order chi connectivity index (χ1) is 8.99. The molecule has 0 saturated heterocycles. The molecule has 0 aliphatic rings. The standard InChI is InChI=1S/C14H21NO3S/c1-4-5-6-7-14(15-3)18-19(16,17)13-10-8-12(2)9-11-13/h4,8-11,14-15H,1,5-7H2,2-3H3. The molecule has 0 fully saturated rings. The first-order valence-corrected chi connectivity index (χ1v) is 7.68. The molecule has 0 aliphatic carbocycles. The van der Waals surface area contributed by atoms with Gasteiger partial charge in [-0.3, -0.25) is 5.32 Å². The molecule has 1 unspecified atom stereocenters. The Balaban J connectivity index is 2.71. The minimum atomic E-state index is -3.71. The lowest BCUT2D eigenvalue weighted by molar-refractivity contribution is 0.169. The molecule has 106 valence electrons. The van der Waals surface area contributed by atoms with Crippen molar-refractivity contribution in [3.8, 4) is 0 Å². The molecule has 1 rings (SSSR count). The third-order valence-electron chi connectivity index (χ3n) is 2.75. The average Bonchev–Trinajstić information content (AvgIpc) is 2.38. The van der Waals surface area contributed by atoms with Crippen molar-refractivity contribution in [1.29, 1.82) is 0 Å². The van der Waals surface area contributed by atoms with Crippen LogP contribution in [0.25, 0.3) is 0 Å². The van der Waals surface area contributed by atoms with Crippen LogP contribution in [0.3, 0.4) is 0 Å². The molecule has 0 aromatic heterocycles. The van der Waals surface area contributed by atoms with Gasteiger partial charge in [0.25, 0.3) is 10.1 Å². The molecule has 5 heteroatoms. The Bertz CT molecular complexity index is 494. The number of benzene rings is 1. The molecule has 1 N–H and O–H groups in total. The molecular weight excluding hydrogens is 262 g/mol. The molecule has 19 heavy (non-hydrogen) atoms. The molecule has 1 aromatic carbocycles. The Morgan fingerprint density at radius 2 is 2.00 bits per heavy atom. The molecular formula is C14H21NO3S. The molecule has 0 radical (unpaired) electrons. The van der Waals surface area contributed by atoms with Gasteiger partial charge < -0.3 is 0 Å². The number of hydrogen-bond acceptors (Lipinski definition) is 4. The molecule has 0 aliphatic heterocycles. The van der Waals surface area contributed by atoms with E-state index >= 15 is 0 Å². The van der Waals surface area contributed by atoms with Gasteiger partial charge >= 0.3 is 0 Å². The van der Waals surface area contributed by atoms with E-state index in [4.69, 9.17) is 4.18 Å². The largest absolute Gasteiger partial charge is 0.298 e. The zero-order valence-corrected chi connectivity index (χ0v) is 12.2. The van der Waals surface area contributed by atoms with Gasteiger partial charge in [0.2, 0.25) is 0 Å². The second-order valence-corrected chi connectivity index (χ2v) is 5.93. The first kappa shape index (κ1) is 15.9. The van der Waals surface area contributed by atoms with Crippen LogP contribution in [-0.4, -0.2) is 21.7 Å². The Hall–Kier alpha value is -1.17. The van der Waals surface area contributed by atoms with Crippen LogP contribution in [0.5, 0.6) is 0 Å². The summed E-state index contributed by atoms with van der Waals surface area (Å²) in [7, 11) is -2.03. The van der Waals surface area contributed by atoms with Crippen molar-refractivity contribution in [3.05, 3.63) is 42.5 Å². The fourth-order valence-electron chi connectivity index (χ4n) is 1.60. The smallest absolute Gasteiger partial charge is 0.294 e. The van der Waals surface area contributed by atoms with Gasteiger partial charge in [-0.1, -0.05) is 23.8 Å². The van der Waals surface area contributed by atoms with Crippen molar-refractivity contribution in [3.63, 3.8) is 0 Å². The van der Waals surface area contributed by atoms with Crippen LogP contribution in [0.4, 0.5) is 0 Å². The number of hydrogen-bond donors (Lipinski definition) is 1. The van der Waals surface area contributed by atoms with E-state index in [1.807, 2.05) is 6.92 Å². The van der Waals surface area contributed by atoms with Crippen molar-refractivity contribution in [2.45, 2.75) is 37.3 Å². The maximum absolute atomic E-state index is 12.1. The minimum Gasteiger partial charge on any atom is -0.294 e. The van der Waals surface area contributed by atoms with E-state index in [0.717, 1.165) is 18.4 Å². The van der Waals surface area contributed by atoms with Gasteiger partial charge in [0.1, 0.15) is 6.23 Å². The van der Waals surface area contributed by atoms with Crippen molar-refractivity contribution >= 4 is 10.1 Å². The number of unbranched alkanes of at least 4 members (excludes halogenated alkanes) is 1. The third kappa shape index (κ3) is 5.14. The van der Waals surface area contributed by atoms with E-state index in [-0.39, 0.29) is 4.90 Å². The van der Waals surface area contributed by atoms with Gasteiger partial charge in [0.05, 0.1) is 4.90 Å². The van der Waals surface area contributed by atoms with Crippen LogP contribution in [0, 0.1) is 6.92 Å². The molecule has 0 spiro atoms. The topological polar surface area (TPSA) is 55.4 Å². The number of allylic oxidation sites excluding steroid dienone is 1. The third-order valence-corrected chi connectivity index (χ3v) is 4.08. The first-order valence-electron chi connectivity index (χ1n) is 6.27. The molecule has 1 atom stereocenters. The van der Waals surface area contributed by atoms with E-state index in [2.05, 4.69) is 11.9 Å². The van der Waals surface area contributed by atoms with Crippen LogP contribution in [0.2, 0.25) is 0 Å². The predicted molar refractivity (Wildman–Crippen MR) is 76.3 cm³/mol. The SMILES string of the molecule is C=CCCCC(NC)OS(=O)(=O)c1ccc(C)cc1. The van der Waals surface area contributed by atoms with Gasteiger partial charge in [0.15, 0.2) is 0 Å². The highest BCUT2D eigenvalue weighted by molar-refractivity contribution is 7.86. The molecule has 0 heterocycles. The van der Waals surface area contributed by atoms with E-state index in [1.165, 1.54) is 0 Å². The zero-order valence-electron chi connectivity index (χ0n) is 11.4. The summed E-state index contributed by atoms with van der Waals surface area (Å²) < 4.78 is 29.3. The highest BCUT2D eigenvalue weighted by Crippen LogP contribution is 2.16. The van der Waals surface area contributed by atoms with Gasteiger partial charge in [-0.25, -0.2) is 4.18 Å².